The number of hydrogen-bond acceptors (Lipinski definition) is 3. The van der Waals surface area contributed by atoms with Crippen LogP contribution in [0.2, 0.25) is 0 Å². The first kappa shape index (κ1) is 12.7. The van der Waals surface area contributed by atoms with E-state index in [4.69, 9.17) is 10.5 Å². The minimum atomic E-state index is -0.332. The Morgan fingerprint density at radius 2 is 2.39 bits per heavy atom. The van der Waals surface area contributed by atoms with Gasteiger partial charge in [-0.25, -0.2) is 0 Å². The van der Waals surface area contributed by atoms with Crippen LogP contribution >= 0.6 is 0 Å². The molecule has 0 spiro atoms. The molecule has 0 saturated heterocycles. The Hall–Kier alpha value is -1.71. The van der Waals surface area contributed by atoms with Crippen molar-refractivity contribution in [2.45, 2.75) is 32.7 Å². The van der Waals surface area contributed by atoms with E-state index in [0.717, 1.165) is 24.3 Å². The summed E-state index contributed by atoms with van der Waals surface area (Å²) in [6, 6.07) is 6.48. The second-order valence-electron chi connectivity index (χ2n) is 4.99. The number of hydrogen-bond donors (Lipinski definition) is 2. The maximum atomic E-state index is 11.0. The molecule has 1 amide bonds. The van der Waals surface area contributed by atoms with Crippen molar-refractivity contribution >= 4 is 11.6 Å². The number of fused-ring (bicyclic) bond motifs is 1. The van der Waals surface area contributed by atoms with Crippen LogP contribution in [0.15, 0.2) is 18.2 Å². The lowest BCUT2D eigenvalue weighted by Crippen LogP contribution is -2.27. The van der Waals surface area contributed by atoms with Crippen molar-refractivity contribution in [1.29, 1.82) is 0 Å². The van der Waals surface area contributed by atoms with Gasteiger partial charge in [0.1, 0.15) is 5.75 Å². The molecule has 98 valence electrons. The fraction of sp³-hybridized carbons (Fsp3) is 0.500. The predicted molar refractivity (Wildman–Crippen MR) is 71.7 cm³/mol. The normalized spacial score (nSPS) is 19.6. The number of primary amides is 1. The molecule has 0 saturated carbocycles. The van der Waals surface area contributed by atoms with Crippen molar-refractivity contribution in [3.63, 3.8) is 0 Å². The third kappa shape index (κ3) is 2.75. The summed E-state index contributed by atoms with van der Waals surface area (Å²) in [5.74, 6) is 0.204. The summed E-state index contributed by atoms with van der Waals surface area (Å²) >= 11 is 0. The highest BCUT2D eigenvalue weighted by Gasteiger charge is 2.18. The topological polar surface area (TPSA) is 64.3 Å². The summed E-state index contributed by atoms with van der Waals surface area (Å²) in [5.41, 5.74) is 7.56. The first-order valence-electron chi connectivity index (χ1n) is 6.38. The van der Waals surface area contributed by atoms with Crippen molar-refractivity contribution < 1.29 is 9.53 Å². The average molecular weight is 248 g/mol. The maximum absolute atomic E-state index is 11.0. The number of rotatable bonds is 4. The van der Waals surface area contributed by atoms with E-state index in [1.165, 1.54) is 5.56 Å². The standard InChI is InChI=1S/C14H20N2O2/c1-9(14(15)17)8-18-12-5-3-4-11-7-6-10(2)16-13(11)12/h3-5,9-10,16H,6-8H2,1-2H3,(H2,15,17). The lowest BCUT2D eigenvalue weighted by atomic mass is 9.98. The molecule has 0 radical (unpaired) electrons. The van der Waals surface area contributed by atoms with Crippen LogP contribution in [0.4, 0.5) is 5.69 Å². The minimum Gasteiger partial charge on any atom is -0.491 e. The van der Waals surface area contributed by atoms with Crippen LogP contribution in [-0.4, -0.2) is 18.6 Å². The summed E-state index contributed by atoms with van der Waals surface area (Å²) in [5, 5.41) is 3.44. The molecule has 1 aliphatic rings. The molecule has 0 bridgehead atoms. The molecular formula is C14H20N2O2. The highest BCUT2D eigenvalue weighted by atomic mass is 16.5. The summed E-state index contributed by atoms with van der Waals surface area (Å²) in [6.45, 7) is 4.25. The number of ether oxygens (including phenoxy) is 1. The first-order valence-corrected chi connectivity index (χ1v) is 6.38. The molecule has 3 N–H and O–H groups in total. The lowest BCUT2D eigenvalue weighted by Gasteiger charge is -2.26. The van der Waals surface area contributed by atoms with Crippen molar-refractivity contribution in [3.05, 3.63) is 23.8 Å². The number of nitrogens with two attached hydrogens (primary N) is 1. The molecule has 0 fully saturated rings. The van der Waals surface area contributed by atoms with Crippen molar-refractivity contribution in [2.75, 3.05) is 11.9 Å². The molecule has 4 heteroatoms. The van der Waals surface area contributed by atoms with Gasteiger partial charge in [-0.3, -0.25) is 4.79 Å². The molecule has 0 aromatic heterocycles. The highest BCUT2D eigenvalue weighted by Crippen LogP contribution is 2.33. The molecular weight excluding hydrogens is 228 g/mol. The van der Waals surface area contributed by atoms with Gasteiger partial charge in [0.25, 0.3) is 0 Å². The number of benzene rings is 1. The molecule has 18 heavy (non-hydrogen) atoms. The molecule has 1 heterocycles. The number of amides is 1. The third-order valence-corrected chi connectivity index (χ3v) is 3.32. The van der Waals surface area contributed by atoms with Gasteiger partial charge in [0.15, 0.2) is 0 Å². The third-order valence-electron chi connectivity index (χ3n) is 3.32. The second kappa shape index (κ2) is 5.29. The van der Waals surface area contributed by atoms with Gasteiger partial charge in [0.05, 0.1) is 18.2 Å². The molecule has 1 aromatic rings. The zero-order chi connectivity index (χ0) is 13.1. The Bertz CT molecular complexity index is 445. The van der Waals surface area contributed by atoms with Crippen LogP contribution in [-0.2, 0) is 11.2 Å². The number of aryl methyl sites for hydroxylation is 1. The quantitative estimate of drug-likeness (QED) is 0.855. The maximum Gasteiger partial charge on any atom is 0.223 e. The number of anilines is 1. The van der Waals surface area contributed by atoms with Gasteiger partial charge >= 0.3 is 0 Å². The van der Waals surface area contributed by atoms with Crippen LogP contribution in [0.5, 0.6) is 5.75 Å². The van der Waals surface area contributed by atoms with Gasteiger partial charge in [-0.05, 0) is 31.4 Å². The second-order valence-corrected chi connectivity index (χ2v) is 4.99. The average Bonchev–Trinajstić information content (AvgIpc) is 2.35. The van der Waals surface area contributed by atoms with Crippen molar-refractivity contribution in [3.8, 4) is 5.75 Å². The van der Waals surface area contributed by atoms with Gasteiger partial charge in [-0.1, -0.05) is 19.1 Å². The van der Waals surface area contributed by atoms with Gasteiger partial charge in [0.2, 0.25) is 5.91 Å². The van der Waals surface area contributed by atoms with Gasteiger partial charge < -0.3 is 15.8 Å². The Balaban J connectivity index is 2.11. The van der Waals surface area contributed by atoms with Crippen molar-refractivity contribution in [2.24, 2.45) is 11.7 Å². The van der Waals surface area contributed by atoms with Gasteiger partial charge in [0, 0.05) is 6.04 Å². The Morgan fingerprint density at radius 1 is 1.61 bits per heavy atom. The van der Waals surface area contributed by atoms with Crippen LogP contribution < -0.4 is 15.8 Å². The highest BCUT2D eigenvalue weighted by molar-refractivity contribution is 5.76. The summed E-state index contributed by atoms with van der Waals surface area (Å²) in [4.78, 5) is 11.0. The van der Waals surface area contributed by atoms with E-state index >= 15 is 0 Å². The first-order chi connectivity index (χ1) is 8.58. The largest absolute Gasteiger partial charge is 0.491 e. The number of carbonyl (C=O) groups is 1. The zero-order valence-electron chi connectivity index (χ0n) is 10.9. The van der Waals surface area contributed by atoms with E-state index in [2.05, 4.69) is 18.3 Å². The van der Waals surface area contributed by atoms with Crippen molar-refractivity contribution in [1.82, 2.24) is 0 Å². The van der Waals surface area contributed by atoms with Crippen LogP contribution in [0.25, 0.3) is 0 Å². The monoisotopic (exact) mass is 248 g/mol. The SMILES string of the molecule is CC1CCc2cccc(OCC(C)C(N)=O)c2N1. The van der Waals surface area contributed by atoms with E-state index in [0.29, 0.717) is 12.6 Å². The van der Waals surface area contributed by atoms with E-state index in [-0.39, 0.29) is 11.8 Å². The number of carbonyl (C=O) groups excluding carboxylic acids is 1. The Labute approximate surface area is 108 Å². The summed E-state index contributed by atoms with van der Waals surface area (Å²) in [6.07, 6.45) is 2.19. The Kier molecular flexibility index (Phi) is 3.75. The number of para-hydroxylation sites is 1. The fourth-order valence-corrected chi connectivity index (χ4v) is 2.06. The summed E-state index contributed by atoms with van der Waals surface area (Å²) in [7, 11) is 0. The zero-order valence-corrected chi connectivity index (χ0v) is 10.9. The molecule has 1 aromatic carbocycles. The Morgan fingerprint density at radius 3 is 3.11 bits per heavy atom. The predicted octanol–water partition coefficient (Wildman–Crippen LogP) is 1.93. The molecule has 4 nitrogen and oxygen atoms in total. The molecule has 1 aliphatic heterocycles. The van der Waals surface area contributed by atoms with E-state index in [1.807, 2.05) is 12.1 Å². The van der Waals surface area contributed by atoms with E-state index in [1.54, 1.807) is 6.92 Å². The van der Waals surface area contributed by atoms with E-state index in [9.17, 15) is 4.79 Å². The van der Waals surface area contributed by atoms with Crippen LogP contribution in [0, 0.1) is 5.92 Å². The fourth-order valence-electron chi connectivity index (χ4n) is 2.06. The van der Waals surface area contributed by atoms with Crippen LogP contribution in [0.1, 0.15) is 25.8 Å². The smallest absolute Gasteiger partial charge is 0.223 e. The van der Waals surface area contributed by atoms with Gasteiger partial charge in [-0.15, -0.1) is 0 Å². The number of nitrogens with one attached hydrogen (secondary N) is 1. The lowest BCUT2D eigenvalue weighted by molar-refractivity contribution is -0.122. The molecule has 0 aliphatic carbocycles. The molecule has 2 unspecified atom stereocenters. The van der Waals surface area contributed by atoms with Crippen LogP contribution in [0.3, 0.4) is 0 Å². The summed E-state index contributed by atoms with van der Waals surface area (Å²) < 4.78 is 5.71. The minimum absolute atomic E-state index is 0.276. The van der Waals surface area contributed by atoms with E-state index < -0.39 is 0 Å². The molecule has 2 atom stereocenters. The molecule has 2 rings (SSSR count). The van der Waals surface area contributed by atoms with Gasteiger partial charge in [-0.2, -0.15) is 0 Å².